The summed E-state index contributed by atoms with van der Waals surface area (Å²) >= 11 is 0. The van der Waals surface area contributed by atoms with Gasteiger partial charge in [-0.2, -0.15) is 0 Å². The van der Waals surface area contributed by atoms with E-state index in [0.29, 0.717) is 18.3 Å². The Balaban J connectivity index is 4.72. The molecule has 0 aliphatic carbocycles. The molecule has 2 N–H and O–H groups in total. The molecule has 4 nitrogen and oxygen atoms in total. The van der Waals surface area contributed by atoms with Crippen LogP contribution in [-0.4, -0.2) is 22.2 Å². The van der Waals surface area contributed by atoms with Crippen LogP contribution in [0.3, 0.4) is 0 Å². The lowest BCUT2D eigenvalue weighted by atomic mass is 9.63. The molecule has 0 saturated heterocycles. The van der Waals surface area contributed by atoms with Crippen LogP contribution in [0.15, 0.2) is 0 Å². The molecule has 0 aromatic carbocycles. The number of carboxylic acids is 2. The number of hydrogen-bond acceptors (Lipinski definition) is 2. The normalized spacial score (nSPS) is 15.6. The third kappa shape index (κ3) is 18.3. The minimum absolute atomic E-state index is 0.112. The average molecular weight is 539 g/mol. The average Bonchev–Trinajstić information content (AvgIpc) is 2.88. The highest BCUT2D eigenvalue weighted by Crippen LogP contribution is 2.46. The first kappa shape index (κ1) is 36.9. The molecule has 3 atom stereocenters. The highest BCUT2D eigenvalue weighted by atomic mass is 16.4. The smallest absolute Gasteiger partial charge is 0.307 e. The Morgan fingerprint density at radius 2 is 0.974 bits per heavy atom. The number of carbonyl (C=O) groups is 2. The van der Waals surface area contributed by atoms with Crippen molar-refractivity contribution in [1.29, 1.82) is 0 Å². The van der Waals surface area contributed by atoms with Crippen LogP contribution < -0.4 is 0 Å². The summed E-state index contributed by atoms with van der Waals surface area (Å²) in [6.07, 6.45) is 25.6. The Morgan fingerprint density at radius 3 is 1.32 bits per heavy atom. The van der Waals surface area contributed by atoms with Crippen molar-refractivity contribution in [2.45, 2.75) is 182 Å². The van der Waals surface area contributed by atoms with E-state index < -0.39 is 11.9 Å². The molecule has 0 bridgehead atoms. The zero-order valence-corrected chi connectivity index (χ0v) is 26.2. The van der Waals surface area contributed by atoms with Crippen LogP contribution in [0.5, 0.6) is 0 Å². The van der Waals surface area contributed by atoms with E-state index in [4.69, 9.17) is 5.11 Å². The molecule has 38 heavy (non-hydrogen) atoms. The largest absolute Gasteiger partial charge is 0.481 e. The molecule has 0 aliphatic heterocycles. The number of unbranched alkanes of at least 4 members (excludes halogenated alkanes) is 12. The number of hydrogen-bond donors (Lipinski definition) is 2. The topological polar surface area (TPSA) is 74.6 Å². The fourth-order valence-electron chi connectivity index (χ4n) is 6.56. The zero-order valence-electron chi connectivity index (χ0n) is 26.2. The lowest BCUT2D eigenvalue weighted by Gasteiger charge is -2.41. The van der Waals surface area contributed by atoms with Gasteiger partial charge in [0.05, 0.1) is 5.92 Å². The summed E-state index contributed by atoms with van der Waals surface area (Å²) in [6, 6.07) is 0. The van der Waals surface area contributed by atoms with Crippen LogP contribution in [0.4, 0.5) is 0 Å². The molecule has 0 aromatic rings. The SMILES string of the molecule is CCCCC(CC)CC(C)(CC(CC)CCCC)C(CCCCCCCCCCCCCC(=O)O)C(=O)O. The molecular weight excluding hydrogens is 472 g/mol. The van der Waals surface area contributed by atoms with Gasteiger partial charge in [-0.05, 0) is 42.9 Å². The van der Waals surface area contributed by atoms with Gasteiger partial charge in [0, 0.05) is 6.42 Å². The number of carboxylic acid groups (broad SMARTS) is 2. The maximum Gasteiger partial charge on any atom is 0.307 e. The van der Waals surface area contributed by atoms with Gasteiger partial charge in [-0.3, -0.25) is 9.59 Å². The molecule has 4 heteroatoms. The van der Waals surface area contributed by atoms with Crippen LogP contribution in [0, 0.1) is 23.2 Å². The van der Waals surface area contributed by atoms with E-state index in [1.54, 1.807) is 0 Å². The van der Waals surface area contributed by atoms with Crippen molar-refractivity contribution in [1.82, 2.24) is 0 Å². The van der Waals surface area contributed by atoms with Crippen molar-refractivity contribution in [3.63, 3.8) is 0 Å². The summed E-state index contributed by atoms with van der Waals surface area (Å²) < 4.78 is 0. The first-order valence-corrected chi connectivity index (χ1v) is 16.7. The first-order chi connectivity index (χ1) is 18.2. The summed E-state index contributed by atoms with van der Waals surface area (Å²) in [5, 5.41) is 19.1. The van der Waals surface area contributed by atoms with Gasteiger partial charge < -0.3 is 10.2 Å². The van der Waals surface area contributed by atoms with E-state index in [2.05, 4.69) is 34.6 Å². The van der Waals surface area contributed by atoms with Crippen molar-refractivity contribution in [3.05, 3.63) is 0 Å². The van der Waals surface area contributed by atoms with Gasteiger partial charge in [0.25, 0.3) is 0 Å². The predicted molar refractivity (Wildman–Crippen MR) is 163 cm³/mol. The van der Waals surface area contributed by atoms with Crippen molar-refractivity contribution in [3.8, 4) is 0 Å². The van der Waals surface area contributed by atoms with Crippen LogP contribution in [-0.2, 0) is 9.59 Å². The highest BCUT2D eigenvalue weighted by Gasteiger charge is 2.41. The van der Waals surface area contributed by atoms with Crippen LogP contribution in [0.25, 0.3) is 0 Å². The van der Waals surface area contributed by atoms with E-state index in [9.17, 15) is 14.7 Å². The molecule has 0 heterocycles. The Bertz CT molecular complexity index is 555. The quantitative estimate of drug-likeness (QED) is 0.0971. The van der Waals surface area contributed by atoms with E-state index in [0.717, 1.165) is 64.2 Å². The maximum absolute atomic E-state index is 12.7. The summed E-state index contributed by atoms with van der Waals surface area (Å²) in [5.41, 5.74) is -0.112. The summed E-state index contributed by atoms with van der Waals surface area (Å²) in [6.45, 7) is 11.4. The molecule has 0 aliphatic rings. The minimum Gasteiger partial charge on any atom is -0.481 e. The molecule has 3 unspecified atom stereocenters. The van der Waals surface area contributed by atoms with Gasteiger partial charge >= 0.3 is 11.9 Å². The van der Waals surface area contributed by atoms with Crippen molar-refractivity contribution >= 4 is 11.9 Å². The second kappa shape index (κ2) is 23.8. The number of rotatable bonds is 28. The summed E-state index contributed by atoms with van der Waals surface area (Å²) in [4.78, 5) is 23.2. The van der Waals surface area contributed by atoms with Crippen molar-refractivity contribution in [2.75, 3.05) is 0 Å². The van der Waals surface area contributed by atoms with Gasteiger partial charge in [0.15, 0.2) is 0 Å². The highest BCUT2D eigenvalue weighted by molar-refractivity contribution is 5.71. The van der Waals surface area contributed by atoms with Crippen LogP contribution >= 0.6 is 0 Å². The monoisotopic (exact) mass is 538 g/mol. The number of aliphatic carboxylic acids is 2. The Kier molecular flexibility index (Phi) is 23.1. The molecule has 0 aromatic heterocycles. The van der Waals surface area contributed by atoms with Gasteiger partial charge in [0.1, 0.15) is 0 Å². The fourth-order valence-corrected chi connectivity index (χ4v) is 6.56. The van der Waals surface area contributed by atoms with Gasteiger partial charge in [-0.15, -0.1) is 0 Å². The Hall–Kier alpha value is -1.06. The van der Waals surface area contributed by atoms with Crippen molar-refractivity contribution in [2.24, 2.45) is 23.2 Å². The molecular formula is C34H66O4. The van der Waals surface area contributed by atoms with Crippen molar-refractivity contribution < 1.29 is 19.8 Å². The molecule has 0 fully saturated rings. The molecule has 0 radical (unpaired) electrons. The third-order valence-corrected chi connectivity index (χ3v) is 9.12. The van der Waals surface area contributed by atoms with E-state index >= 15 is 0 Å². The predicted octanol–water partition coefficient (Wildman–Crippen LogP) is 11.1. The zero-order chi connectivity index (χ0) is 28.7. The van der Waals surface area contributed by atoms with E-state index in [1.807, 2.05) is 0 Å². The minimum atomic E-state index is -0.682. The van der Waals surface area contributed by atoms with E-state index in [1.165, 1.54) is 77.0 Å². The summed E-state index contributed by atoms with van der Waals surface area (Å²) in [7, 11) is 0. The van der Waals surface area contributed by atoms with E-state index in [-0.39, 0.29) is 11.3 Å². The third-order valence-electron chi connectivity index (χ3n) is 9.12. The van der Waals surface area contributed by atoms with Gasteiger partial charge in [-0.1, -0.05) is 150 Å². The first-order valence-electron chi connectivity index (χ1n) is 16.7. The maximum atomic E-state index is 12.7. The summed E-state index contributed by atoms with van der Waals surface area (Å²) in [5.74, 6) is -0.189. The van der Waals surface area contributed by atoms with Crippen LogP contribution in [0.1, 0.15) is 182 Å². The molecule has 0 saturated carbocycles. The molecule has 226 valence electrons. The fraction of sp³-hybridized carbons (Fsp3) is 0.941. The Morgan fingerprint density at radius 1 is 0.579 bits per heavy atom. The second-order valence-corrected chi connectivity index (χ2v) is 12.6. The molecule has 0 amide bonds. The lowest BCUT2D eigenvalue weighted by Crippen LogP contribution is -2.37. The second-order valence-electron chi connectivity index (χ2n) is 12.6. The molecule has 0 spiro atoms. The standard InChI is InChI=1S/C34H66O4/c1-6-10-23-29(8-3)27-34(5,28-30(9-4)24-11-7-2)31(33(37)38)25-21-19-17-15-13-12-14-16-18-20-22-26-32(35)36/h29-31H,6-28H2,1-5H3,(H,35,36)(H,37,38). The van der Waals surface area contributed by atoms with Gasteiger partial charge in [0.2, 0.25) is 0 Å². The Labute approximate surface area is 237 Å². The van der Waals surface area contributed by atoms with Crippen LogP contribution in [0.2, 0.25) is 0 Å². The molecule has 0 rings (SSSR count). The van der Waals surface area contributed by atoms with Gasteiger partial charge in [-0.25, -0.2) is 0 Å². The lowest BCUT2D eigenvalue weighted by molar-refractivity contribution is -0.148.